The van der Waals surface area contributed by atoms with Crippen molar-refractivity contribution in [2.24, 2.45) is 0 Å². The Hall–Kier alpha value is -1.32. The van der Waals surface area contributed by atoms with E-state index < -0.39 is 0 Å². The van der Waals surface area contributed by atoms with Gasteiger partial charge in [0.15, 0.2) is 0 Å². The third-order valence-electron chi connectivity index (χ3n) is 5.34. The Bertz CT molecular complexity index is 406. The Kier molecular flexibility index (Phi) is 22.9. The van der Waals surface area contributed by atoms with Gasteiger partial charge in [0.05, 0.1) is 13.2 Å². The molecule has 0 unspecified atom stereocenters. The van der Waals surface area contributed by atoms with E-state index in [0.717, 1.165) is 25.7 Å². The van der Waals surface area contributed by atoms with Crippen molar-refractivity contribution in [2.75, 3.05) is 13.2 Å². The second-order valence-corrected chi connectivity index (χ2v) is 8.32. The van der Waals surface area contributed by atoms with Gasteiger partial charge in [-0.25, -0.2) is 0 Å². The van der Waals surface area contributed by atoms with Gasteiger partial charge in [-0.2, -0.15) is 0 Å². The Morgan fingerprint density at radius 3 is 1.43 bits per heavy atom. The molecule has 0 aliphatic carbocycles. The number of esters is 2. The van der Waals surface area contributed by atoms with Crippen LogP contribution in [0.3, 0.4) is 0 Å². The lowest BCUT2D eigenvalue weighted by molar-refractivity contribution is -0.145. The molecule has 0 aromatic heterocycles. The molecule has 0 spiro atoms. The van der Waals surface area contributed by atoms with E-state index >= 15 is 0 Å². The number of carbonyl (C=O) groups is 2. The third-order valence-corrected chi connectivity index (χ3v) is 5.34. The number of unbranched alkanes of at least 4 members (excludes halogenated alkanes) is 14. The summed E-state index contributed by atoms with van der Waals surface area (Å²) in [5, 5.41) is 0. The minimum Gasteiger partial charge on any atom is -0.466 e. The van der Waals surface area contributed by atoms with E-state index in [-0.39, 0.29) is 18.4 Å². The van der Waals surface area contributed by atoms with E-state index in [4.69, 9.17) is 9.47 Å². The van der Waals surface area contributed by atoms with Gasteiger partial charge in [-0.1, -0.05) is 96.5 Å². The van der Waals surface area contributed by atoms with Crippen molar-refractivity contribution in [3.8, 4) is 0 Å². The molecule has 4 nitrogen and oxygen atoms in total. The molecule has 0 radical (unpaired) electrons. The maximum absolute atomic E-state index is 11.7. The number of hydrogen-bond acceptors (Lipinski definition) is 4. The molecule has 0 saturated heterocycles. The van der Waals surface area contributed by atoms with Gasteiger partial charge in [-0.3, -0.25) is 9.59 Å². The number of carbonyl (C=O) groups excluding carboxylic acids is 2. The maximum atomic E-state index is 11.7. The van der Waals surface area contributed by atoms with Crippen LogP contribution in [0.15, 0.2) is 12.7 Å². The summed E-state index contributed by atoms with van der Waals surface area (Å²) in [7, 11) is 0. The molecule has 0 saturated carbocycles. The number of rotatable bonds is 23. The summed E-state index contributed by atoms with van der Waals surface area (Å²) < 4.78 is 10.3. The topological polar surface area (TPSA) is 52.6 Å². The monoisotopic (exact) mass is 424 g/mol. The van der Waals surface area contributed by atoms with Crippen LogP contribution >= 0.6 is 0 Å². The third kappa shape index (κ3) is 23.0. The molecule has 4 heteroatoms. The molecular formula is C26H48O4. The van der Waals surface area contributed by atoms with Gasteiger partial charge in [0, 0.05) is 12.8 Å². The van der Waals surface area contributed by atoms with Crippen LogP contribution in [0.1, 0.15) is 129 Å². The molecule has 30 heavy (non-hydrogen) atoms. The zero-order valence-corrected chi connectivity index (χ0v) is 19.8. The average Bonchev–Trinajstić information content (AvgIpc) is 2.74. The first-order chi connectivity index (χ1) is 14.7. The van der Waals surface area contributed by atoms with Crippen LogP contribution in [0.2, 0.25) is 0 Å². The predicted octanol–water partition coefficient (Wildman–Crippen LogP) is 7.69. The van der Waals surface area contributed by atoms with E-state index in [2.05, 4.69) is 13.5 Å². The highest BCUT2D eigenvalue weighted by Gasteiger charge is 2.07. The van der Waals surface area contributed by atoms with Crippen molar-refractivity contribution in [3.05, 3.63) is 12.7 Å². The summed E-state index contributed by atoms with van der Waals surface area (Å²) in [6.07, 6.45) is 23.0. The SMILES string of the molecule is C=CCCCOC(=O)CCCC(=O)OCCCCCCCCCCCCCCCC. The summed E-state index contributed by atoms with van der Waals surface area (Å²) in [5.41, 5.74) is 0. The number of hydrogen-bond donors (Lipinski definition) is 0. The molecule has 0 bridgehead atoms. The van der Waals surface area contributed by atoms with Crippen molar-refractivity contribution in [1.29, 1.82) is 0 Å². The Morgan fingerprint density at radius 1 is 0.600 bits per heavy atom. The molecule has 0 aliphatic rings. The van der Waals surface area contributed by atoms with Crippen LogP contribution in [0.25, 0.3) is 0 Å². The summed E-state index contributed by atoms with van der Waals surface area (Å²) in [6, 6.07) is 0. The molecule has 0 heterocycles. The minimum atomic E-state index is -0.237. The maximum Gasteiger partial charge on any atom is 0.305 e. The van der Waals surface area contributed by atoms with Gasteiger partial charge < -0.3 is 9.47 Å². The van der Waals surface area contributed by atoms with Gasteiger partial charge in [-0.15, -0.1) is 6.58 Å². The van der Waals surface area contributed by atoms with Crippen LogP contribution in [0.4, 0.5) is 0 Å². The molecule has 0 aromatic rings. The normalized spacial score (nSPS) is 10.7. The van der Waals surface area contributed by atoms with Gasteiger partial charge >= 0.3 is 11.9 Å². The van der Waals surface area contributed by atoms with Crippen molar-refractivity contribution in [3.63, 3.8) is 0 Å². The van der Waals surface area contributed by atoms with E-state index in [0.29, 0.717) is 26.1 Å². The first-order valence-corrected chi connectivity index (χ1v) is 12.6. The predicted molar refractivity (Wildman–Crippen MR) is 126 cm³/mol. The molecule has 0 fully saturated rings. The molecule has 0 atom stereocenters. The summed E-state index contributed by atoms with van der Waals surface area (Å²) in [4.78, 5) is 23.2. The summed E-state index contributed by atoms with van der Waals surface area (Å²) in [5.74, 6) is -0.442. The average molecular weight is 425 g/mol. The lowest BCUT2D eigenvalue weighted by atomic mass is 10.0. The van der Waals surface area contributed by atoms with Crippen LogP contribution < -0.4 is 0 Å². The van der Waals surface area contributed by atoms with Crippen molar-refractivity contribution >= 4 is 11.9 Å². The quantitative estimate of drug-likeness (QED) is 0.0958. The van der Waals surface area contributed by atoms with Crippen LogP contribution in [-0.2, 0) is 19.1 Å². The summed E-state index contributed by atoms with van der Waals surface area (Å²) in [6.45, 7) is 6.82. The molecular weight excluding hydrogens is 376 g/mol. The van der Waals surface area contributed by atoms with Gasteiger partial charge in [0.2, 0.25) is 0 Å². The van der Waals surface area contributed by atoms with E-state index in [1.54, 1.807) is 0 Å². The Balaban J connectivity index is 3.24. The molecule has 0 rings (SSSR count). The first kappa shape index (κ1) is 28.7. The fourth-order valence-electron chi connectivity index (χ4n) is 3.42. The molecule has 0 N–H and O–H groups in total. The van der Waals surface area contributed by atoms with Crippen LogP contribution in [0, 0.1) is 0 Å². The van der Waals surface area contributed by atoms with Gasteiger partial charge in [-0.05, 0) is 25.7 Å². The zero-order chi connectivity index (χ0) is 22.1. The Morgan fingerprint density at radius 2 is 1.00 bits per heavy atom. The van der Waals surface area contributed by atoms with Crippen LogP contribution in [0.5, 0.6) is 0 Å². The zero-order valence-electron chi connectivity index (χ0n) is 19.8. The number of allylic oxidation sites excluding steroid dienone is 1. The lowest BCUT2D eigenvalue weighted by Crippen LogP contribution is -2.09. The number of ether oxygens (including phenoxy) is 2. The van der Waals surface area contributed by atoms with Gasteiger partial charge in [0.25, 0.3) is 0 Å². The van der Waals surface area contributed by atoms with Crippen molar-refractivity contribution < 1.29 is 19.1 Å². The Labute approximate surface area is 186 Å². The fourth-order valence-corrected chi connectivity index (χ4v) is 3.42. The second kappa shape index (κ2) is 24.0. The fraction of sp³-hybridized carbons (Fsp3) is 0.846. The van der Waals surface area contributed by atoms with E-state index in [1.807, 2.05) is 6.08 Å². The highest BCUT2D eigenvalue weighted by molar-refractivity contribution is 5.72. The molecule has 0 aliphatic heterocycles. The van der Waals surface area contributed by atoms with Crippen molar-refractivity contribution in [1.82, 2.24) is 0 Å². The smallest absolute Gasteiger partial charge is 0.305 e. The minimum absolute atomic E-state index is 0.204. The molecule has 0 amide bonds. The van der Waals surface area contributed by atoms with E-state index in [1.165, 1.54) is 77.0 Å². The van der Waals surface area contributed by atoms with Crippen molar-refractivity contribution in [2.45, 2.75) is 129 Å². The molecule has 0 aromatic carbocycles. The van der Waals surface area contributed by atoms with Crippen LogP contribution in [-0.4, -0.2) is 25.2 Å². The van der Waals surface area contributed by atoms with E-state index in [9.17, 15) is 9.59 Å². The lowest BCUT2D eigenvalue weighted by Gasteiger charge is -2.06. The molecule has 176 valence electrons. The summed E-state index contributed by atoms with van der Waals surface area (Å²) >= 11 is 0. The standard InChI is InChI=1S/C26H48O4/c1-3-5-7-8-9-10-11-12-13-14-15-16-17-19-24-30-26(28)22-20-21-25(27)29-23-18-6-4-2/h4H,2-3,5-24H2,1H3. The highest BCUT2D eigenvalue weighted by atomic mass is 16.5. The second-order valence-electron chi connectivity index (χ2n) is 8.32. The first-order valence-electron chi connectivity index (χ1n) is 12.6. The highest BCUT2D eigenvalue weighted by Crippen LogP contribution is 2.13. The van der Waals surface area contributed by atoms with Gasteiger partial charge in [0.1, 0.15) is 0 Å². The largest absolute Gasteiger partial charge is 0.466 e.